The molecular weight excluding hydrogens is 222 g/mol. The predicted octanol–water partition coefficient (Wildman–Crippen LogP) is 1.54. The van der Waals surface area contributed by atoms with Gasteiger partial charge >= 0.3 is 0 Å². The molecule has 0 aromatic rings. The minimum atomic E-state index is 0.361. The lowest BCUT2D eigenvalue weighted by molar-refractivity contribution is 0.0488. The lowest BCUT2D eigenvalue weighted by Crippen LogP contribution is -2.54. The lowest BCUT2D eigenvalue weighted by atomic mass is 9.97. The highest BCUT2D eigenvalue weighted by Gasteiger charge is 2.46. The highest BCUT2D eigenvalue weighted by Crippen LogP contribution is 2.36. The summed E-state index contributed by atoms with van der Waals surface area (Å²) >= 11 is 0. The quantitative estimate of drug-likeness (QED) is 0.803. The maximum atomic E-state index is 3.47. The summed E-state index contributed by atoms with van der Waals surface area (Å²) in [6.45, 7) is 13.6. The van der Waals surface area contributed by atoms with E-state index in [-0.39, 0.29) is 0 Å². The zero-order valence-electron chi connectivity index (χ0n) is 12.3. The van der Waals surface area contributed by atoms with E-state index in [4.69, 9.17) is 0 Å². The molecule has 3 aliphatic rings. The third-order valence-corrected chi connectivity index (χ3v) is 5.17. The number of rotatable bonds is 2. The Bertz CT molecular complexity index is 291. The molecule has 104 valence electrons. The SMILES string of the molecule is CC(C)(C)N1CC2CC1CN2CC1CCNCC1. The van der Waals surface area contributed by atoms with Crippen molar-refractivity contribution in [2.24, 2.45) is 5.92 Å². The third-order valence-electron chi connectivity index (χ3n) is 5.17. The zero-order chi connectivity index (χ0) is 12.8. The van der Waals surface area contributed by atoms with E-state index in [9.17, 15) is 0 Å². The molecule has 2 unspecified atom stereocenters. The predicted molar refractivity (Wildman–Crippen MR) is 75.8 cm³/mol. The van der Waals surface area contributed by atoms with Gasteiger partial charge in [0, 0.05) is 37.3 Å². The van der Waals surface area contributed by atoms with Gasteiger partial charge in [-0.3, -0.25) is 9.80 Å². The van der Waals surface area contributed by atoms with Crippen LogP contribution in [0.15, 0.2) is 0 Å². The maximum Gasteiger partial charge on any atom is 0.0244 e. The van der Waals surface area contributed by atoms with Crippen molar-refractivity contribution in [3.8, 4) is 0 Å². The van der Waals surface area contributed by atoms with E-state index in [1.165, 1.54) is 52.0 Å². The molecule has 3 rings (SSSR count). The van der Waals surface area contributed by atoms with Crippen LogP contribution in [-0.4, -0.2) is 60.1 Å². The van der Waals surface area contributed by atoms with Gasteiger partial charge in [0.2, 0.25) is 0 Å². The molecule has 0 amide bonds. The van der Waals surface area contributed by atoms with Gasteiger partial charge in [0.05, 0.1) is 0 Å². The average molecular weight is 251 g/mol. The molecular formula is C15H29N3. The summed E-state index contributed by atoms with van der Waals surface area (Å²) in [4.78, 5) is 5.53. The number of hydrogen-bond acceptors (Lipinski definition) is 3. The molecule has 2 bridgehead atoms. The van der Waals surface area contributed by atoms with Crippen LogP contribution in [0.1, 0.15) is 40.0 Å². The van der Waals surface area contributed by atoms with Gasteiger partial charge in [-0.1, -0.05) is 0 Å². The Labute approximate surface area is 112 Å². The second kappa shape index (κ2) is 4.77. The molecule has 0 saturated carbocycles. The highest BCUT2D eigenvalue weighted by atomic mass is 15.4. The molecule has 3 heteroatoms. The van der Waals surface area contributed by atoms with Gasteiger partial charge < -0.3 is 5.32 Å². The molecule has 3 fully saturated rings. The molecule has 0 aliphatic carbocycles. The molecule has 3 nitrogen and oxygen atoms in total. The number of likely N-dealkylation sites (tertiary alicyclic amines) is 2. The Hall–Kier alpha value is -0.120. The zero-order valence-corrected chi connectivity index (χ0v) is 12.3. The van der Waals surface area contributed by atoms with Gasteiger partial charge in [-0.2, -0.15) is 0 Å². The van der Waals surface area contributed by atoms with Crippen molar-refractivity contribution in [2.45, 2.75) is 57.7 Å². The minimum Gasteiger partial charge on any atom is -0.317 e. The van der Waals surface area contributed by atoms with Gasteiger partial charge in [0.15, 0.2) is 0 Å². The van der Waals surface area contributed by atoms with Crippen LogP contribution in [-0.2, 0) is 0 Å². The fourth-order valence-electron chi connectivity index (χ4n) is 4.19. The van der Waals surface area contributed by atoms with Crippen LogP contribution in [0.25, 0.3) is 0 Å². The van der Waals surface area contributed by atoms with Crippen molar-refractivity contribution in [3.63, 3.8) is 0 Å². The number of piperazine rings is 1. The fourth-order valence-corrected chi connectivity index (χ4v) is 4.19. The maximum absolute atomic E-state index is 3.47. The largest absolute Gasteiger partial charge is 0.317 e. The topological polar surface area (TPSA) is 18.5 Å². The average Bonchev–Trinajstić information content (AvgIpc) is 2.89. The second-order valence-electron chi connectivity index (χ2n) is 7.51. The molecule has 3 heterocycles. The van der Waals surface area contributed by atoms with Gasteiger partial charge in [0.25, 0.3) is 0 Å². The van der Waals surface area contributed by atoms with Crippen molar-refractivity contribution in [1.29, 1.82) is 0 Å². The summed E-state index contributed by atoms with van der Waals surface area (Å²) in [5.41, 5.74) is 0.361. The smallest absolute Gasteiger partial charge is 0.0244 e. The summed E-state index contributed by atoms with van der Waals surface area (Å²) in [6.07, 6.45) is 4.19. The third kappa shape index (κ3) is 2.45. The fraction of sp³-hybridized carbons (Fsp3) is 1.00. The van der Waals surface area contributed by atoms with Crippen molar-refractivity contribution < 1.29 is 0 Å². The Kier molecular flexibility index (Phi) is 3.41. The van der Waals surface area contributed by atoms with E-state index in [1.54, 1.807) is 0 Å². The first-order chi connectivity index (χ1) is 8.54. The van der Waals surface area contributed by atoms with Crippen LogP contribution in [0.3, 0.4) is 0 Å². The number of nitrogens with one attached hydrogen (secondary N) is 1. The van der Waals surface area contributed by atoms with E-state index in [0.717, 1.165) is 18.0 Å². The standard InChI is InChI=1S/C15H29N3/c1-15(2,3)18-11-13-8-14(18)10-17(13)9-12-4-6-16-7-5-12/h12-14,16H,4-11H2,1-3H3. The van der Waals surface area contributed by atoms with Crippen molar-refractivity contribution in [2.75, 3.05) is 32.7 Å². The Morgan fingerprint density at radius 1 is 1.06 bits per heavy atom. The molecule has 0 aromatic carbocycles. The second-order valence-corrected chi connectivity index (χ2v) is 7.51. The lowest BCUT2D eigenvalue weighted by Gasteiger charge is -2.43. The first kappa shape index (κ1) is 12.9. The van der Waals surface area contributed by atoms with Crippen LogP contribution < -0.4 is 5.32 Å². The van der Waals surface area contributed by atoms with E-state index < -0.39 is 0 Å². The van der Waals surface area contributed by atoms with Crippen LogP contribution in [0, 0.1) is 5.92 Å². The van der Waals surface area contributed by atoms with Gasteiger partial charge in [-0.25, -0.2) is 0 Å². The molecule has 0 radical (unpaired) electrons. The highest BCUT2D eigenvalue weighted by molar-refractivity contribution is 5.03. The first-order valence-corrected chi connectivity index (χ1v) is 7.75. The number of nitrogens with zero attached hydrogens (tertiary/aromatic N) is 2. The molecule has 0 spiro atoms. The van der Waals surface area contributed by atoms with Gasteiger partial charge in [0.1, 0.15) is 0 Å². The Morgan fingerprint density at radius 2 is 1.78 bits per heavy atom. The summed E-state index contributed by atoms with van der Waals surface area (Å²) < 4.78 is 0. The van der Waals surface area contributed by atoms with E-state index in [1.807, 2.05) is 0 Å². The molecule has 0 aromatic heterocycles. The Morgan fingerprint density at radius 3 is 2.33 bits per heavy atom. The molecule has 3 saturated heterocycles. The monoisotopic (exact) mass is 251 g/mol. The van der Waals surface area contributed by atoms with E-state index in [0.29, 0.717) is 5.54 Å². The summed E-state index contributed by atoms with van der Waals surface area (Å²) in [7, 11) is 0. The van der Waals surface area contributed by atoms with Gasteiger partial charge in [-0.05, 0) is 59.0 Å². The first-order valence-electron chi connectivity index (χ1n) is 7.75. The number of hydrogen-bond donors (Lipinski definition) is 1. The van der Waals surface area contributed by atoms with Gasteiger partial charge in [-0.15, -0.1) is 0 Å². The van der Waals surface area contributed by atoms with Crippen LogP contribution in [0.4, 0.5) is 0 Å². The minimum absolute atomic E-state index is 0.361. The van der Waals surface area contributed by atoms with Crippen molar-refractivity contribution in [1.82, 2.24) is 15.1 Å². The molecule has 3 aliphatic heterocycles. The van der Waals surface area contributed by atoms with Crippen LogP contribution in [0.2, 0.25) is 0 Å². The van der Waals surface area contributed by atoms with Crippen molar-refractivity contribution in [3.05, 3.63) is 0 Å². The van der Waals surface area contributed by atoms with Crippen LogP contribution >= 0.6 is 0 Å². The number of piperidine rings is 1. The van der Waals surface area contributed by atoms with E-state index >= 15 is 0 Å². The molecule has 1 N–H and O–H groups in total. The van der Waals surface area contributed by atoms with E-state index in [2.05, 4.69) is 35.9 Å². The van der Waals surface area contributed by atoms with Crippen molar-refractivity contribution >= 4 is 0 Å². The summed E-state index contributed by atoms with van der Waals surface area (Å²) in [5, 5.41) is 3.47. The summed E-state index contributed by atoms with van der Waals surface area (Å²) in [6, 6.07) is 1.68. The normalized spacial score (nSPS) is 35.5. The Balaban J connectivity index is 1.54. The molecule has 2 atom stereocenters. The van der Waals surface area contributed by atoms with Crippen LogP contribution in [0.5, 0.6) is 0 Å². The molecule has 18 heavy (non-hydrogen) atoms. The number of fused-ring (bicyclic) bond motifs is 2. The summed E-state index contributed by atoms with van der Waals surface area (Å²) in [5.74, 6) is 0.952.